The highest BCUT2D eigenvalue weighted by Crippen LogP contribution is 2.35. The molecule has 1 aliphatic rings. The van der Waals surface area contributed by atoms with E-state index in [4.69, 9.17) is 0 Å². The summed E-state index contributed by atoms with van der Waals surface area (Å²) in [4.78, 5) is 12.7. The smallest absolute Gasteiger partial charge is 0.137 e. The predicted octanol–water partition coefficient (Wildman–Crippen LogP) is 6.26. The monoisotopic (exact) mass is 482 g/mol. The Labute approximate surface area is 207 Å². The van der Waals surface area contributed by atoms with Crippen LogP contribution in [-0.2, 0) is 18.3 Å². The Morgan fingerprint density at radius 1 is 0.889 bits per heavy atom. The molecule has 0 amide bonds. The average molecular weight is 483 g/mol. The molecule has 0 unspecified atom stereocenters. The highest BCUT2D eigenvalue weighted by Gasteiger charge is 2.24. The minimum atomic E-state index is -0.636. The molecule has 2 aromatic carbocycles. The summed E-state index contributed by atoms with van der Waals surface area (Å²) < 4.78 is 31.8. The topological polar surface area (TPSA) is 52.2 Å². The minimum absolute atomic E-state index is 0.182. The fourth-order valence-corrected chi connectivity index (χ4v) is 4.72. The minimum Gasteiger partial charge on any atom is -0.299 e. The molecule has 1 saturated carbocycles. The van der Waals surface area contributed by atoms with Crippen molar-refractivity contribution in [1.82, 2.24) is 19.4 Å². The van der Waals surface area contributed by atoms with Gasteiger partial charge in [-0.05, 0) is 59.7 Å². The van der Waals surface area contributed by atoms with Gasteiger partial charge in [-0.25, -0.2) is 13.3 Å². The van der Waals surface area contributed by atoms with E-state index in [-0.39, 0.29) is 12.2 Å². The van der Waals surface area contributed by atoms with Gasteiger partial charge in [-0.3, -0.25) is 9.48 Å². The molecule has 0 atom stereocenters. The summed E-state index contributed by atoms with van der Waals surface area (Å²) in [5.41, 5.74) is 6.26. The molecule has 0 saturated heterocycles. The Hall–Kier alpha value is -4.13. The van der Waals surface area contributed by atoms with Gasteiger partial charge in [0.05, 0.1) is 17.9 Å². The van der Waals surface area contributed by atoms with Crippen LogP contribution in [-0.4, -0.2) is 25.2 Å². The number of carbonyl (C=O) groups excluding carboxylic acids is 1. The number of hydrogen-bond donors (Lipinski definition) is 0. The fraction of sp³-hybridized carbons (Fsp3) is 0.207. The van der Waals surface area contributed by atoms with Crippen LogP contribution >= 0.6 is 0 Å². The third-order valence-corrected chi connectivity index (χ3v) is 6.71. The zero-order chi connectivity index (χ0) is 24.8. The van der Waals surface area contributed by atoms with Gasteiger partial charge in [0.1, 0.15) is 17.4 Å². The molecule has 36 heavy (non-hydrogen) atoms. The van der Waals surface area contributed by atoms with Crippen molar-refractivity contribution in [2.24, 2.45) is 13.0 Å². The maximum absolute atomic E-state index is 14.7. The van der Waals surface area contributed by atoms with E-state index in [1.807, 2.05) is 49.8 Å². The van der Waals surface area contributed by atoms with Gasteiger partial charge in [-0.15, -0.1) is 0 Å². The zero-order valence-electron chi connectivity index (χ0n) is 19.8. The number of fused-ring (bicyclic) bond motifs is 1. The molecule has 0 aliphatic heterocycles. The van der Waals surface area contributed by atoms with Crippen LogP contribution in [0.1, 0.15) is 24.8 Å². The first-order chi connectivity index (χ1) is 17.4. The highest BCUT2D eigenvalue weighted by atomic mass is 19.1. The van der Waals surface area contributed by atoms with Crippen molar-refractivity contribution in [3.8, 4) is 33.4 Å². The third-order valence-electron chi connectivity index (χ3n) is 6.71. The van der Waals surface area contributed by atoms with E-state index in [9.17, 15) is 13.6 Å². The van der Waals surface area contributed by atoms with Gasteiger partial charge in [-0.1, -0.05) is 18.2 Å². The number of rotatable bonds is 7. The summed E-state index contributed by atoms with van der Waals surface area (Å²) in [6.45, 7) is 0. The van der Waals surface area contributed by atoms with Crippen molar-refractivity contribution in [3.63, 3.8) is 0 Å². The van der Waals surface area contributed by atoms with Gasteiger partial charge in [0.25, 0.3) is 0 Å². The number of hydrogen-bond acceptors (Lipinski definition) is 3. The molecule has 6 rings (SSSR count). The quantitative estimate of drug-likeness (QED) is 0.275. The van der Waals surface area contributed by atoms with E-state index >= 15 is 0 Å². The number of ketones is 1. The number of aromatic nitrogens is 4. The Morgan fingerprint density at radius 3 is 2.42 bits per heavy atom. The summed E-state index contributed by atoms with van der Waals surface area (Å²) in [5.74, 6) is -0.577. The zero-order valence-corrected chi connectivity index (χ0v) is 19.8. The van der Waals surface area contributed by atoms with E-state index in [0.29, 0.717) is 23.5 Å². The summed E-state index contributed by atoms with van der Waals surface area (Å²) in [7, 11) is 1.87. The van der Waals surface area contributed by atoms with Crippen LogP contribution in [0.4, 0.5) is 8.78 Å². The molecule has 0 spiro atoms. The maximum atomic E-state index is 14.7. The van der Waals surface area contributed by atoms with Crippen LogP contribution in [0, 0.1) is 17.6 Å². The van der Waals surface area contributed by atoms with Crippen LogP contribution in [0.5, 0.6) is 0 Å². The standard InChI is InChI=1S/C29H24F2N4O/c1-34-16-23(14-32-34)20-4-7-29-27(15-33-35(29)17-20)22-9-19(11-25(36)10-18-2-3-18)8-21(12-22)26-6-5-24(30)13-28(26)31/h4-9,12-18H,2-3,10-11H2,1H3. The Bertz CT molecular complexity index is 1610. The molecular formula is C29H24F2N4O. The molecule has 3 heterocycles. The van der Waals surface area contributed by atoms with Gasteiger partial charge in [0, 0.05) is 60.6 Å². The van der Waals surface area contributed by atoms with E-state index in [1.54, 1.807) is 21.6 Å². The van der Waals surface area contributed by atoms with Gasteiger partial charge in [-0.2, -0.15) is 10.2 Å². The van der Waals surface area contributed by atoms with Crippen molar-refractivity contribution in [3.05, 3.63) is 90.5 Å². The lowest BCUT2D eigenvalue weighted by Crippen LogP contribution is -2.04. The lowest BCUT2D eigenvalue weighted by atomic mass is 9.94. The molecule has 5 nitrogen and oxygen atoms in total. The summed E-state index contributed by atoms with van der Waals surface area (Å²) in [6.07, 6.45) is 10.6. The van der Waals surface area contributed by atoms with Gasteiger partial charge >= 0.3 is 0 Å². The van der Waals surface area contributed by atoms with Crippen LogP contribution in [0.2, 0.25) is 0 Å². The fourth-order valence-electron chi connectivity index (χ4n) is 4.72. The Balaban J connectivity index is 1.43. The highest BCUT2D eigenvalue weighted by molar-refractivity contribution is 5.86. The third kappa shape index (κ3) is 4.44. The molecule has 5 aromatic rings. The van der Waals surface area contributed by atoms with Gasteiger partial charge < -0.3 is 0 Å². The molecular weight excluding hydrogens is 458 g/mol. The first kappa shape index (κ1) is 22.3. The van der Waals surface area contributed by atoms with Gasteiger partial charge in [0.2, 0.25) is 0 Å². The van der Waals surface area contributed by atoms with E-state index < -0.39 is 11.6 Å². The van der Waals surface area contributed by atoms with Crippen molar-refractivity contribution in [2.75, 3.05) is 0 Å². The molecule has 180 valence electrons. The molecule has 7 heteroatoms. The molecule has 0 bridgehead atoms. The van der Waals surface area contributed by atoms with Crippen LogP contribution in [0.15, 0.2) is 73.3 Å². The molecule has 1 fully saturated rings. The number of halogens is 2. The largest absolute Gasteiger partial charge is 0.299 e. The van der Waals surface area contributed by atoms with Crippen molar-refractivity contribution in [2.45, 2.75) is 25.7 Å². The second kappa shape index (κ2) is 8.82. The van der Waals surface area contributed by atoms with Crippen LogP contribution < -0.4 is 0 Å². The molecule has 0 radical (unpaired) electrons. The lowest BCUT2D eigenvalue weighted by Gasteiger charge is -2.11. The van der Waals surface area contributed by atoms with Crippen molar-refractivity contribution >= 4 is 11.3 Å². The summed E-state index contributed by atoms with van der Waals surface area (Å²) in [6, 6.07) is 13.3. The summed E-state index contributed by atoms with van der Waals surface area (Å²) >= 11 is 0. The van der Waals surface area contributed by atoms with E-state index in [0.717, 1.165) is 52.2 Å². The average Bonchev–Trinajstić information content (AvgIpc) is 3.38. The first-order valence-electron chi connectivity index (χ1n) is 12.0. The number of Topliss-reactive ketones (excluding diaryl/α,β-unsaturated/α-hetero) is 1. The number of aryl methyl sites for hydroxylation is 1. The Morgan fingerprint density at radius 2 is 1.69 bits per heavy atom. The first-order valence-corrected chi connectivity index (χ1v) is 12.0. The van der Waals surface area contributed by atoms with E-state index in [2.05, 4.69) is 10.2 Å². The second-order valence-electron chi connectivity index (χ2n) is 9.61. The van der Waals surface area contributed by atoms with Crippen LogP contribution in [0.3, 0.4) is 0 Å². The SMILES string of the molecule is Cn1cc(-c2ccc3c(-c4cc(CC(=O)CC5CC5)cc(-c5ccc(F)cc5F)c4)cnn3c2)cn1. The number of benzene rings is 2. The number of pyridine rings is 1. The van der Waals surface area contributed by atoms with Crippen molar-refractivity contribution < 1.29 is 13.6 Å². The van der Waals surface area contributed by atoms with Crippen molar-refractivity contribution in [1.29, 1.82) is 0 Å². The molecule has 1 aliphatic carbocycles. The maximum Gasteiger partial charge on any atom is 0.137 e. The normalized spacial score (nSPS) is 13.4. The predicted molar refractivity (Wildman–Crippen MR) is 134 cm³/mol. The second-order valence-corrected chi connectivity index (χ2v) is 9.61. The molecule has 3 aromatic heterocycles. The number of carbonyl (C=O) groups is 1. The lowest BCUT2D eigenvalue weighted by molar-refractivity contribution is -0.118. The summed E-state index contributed by atoms with van der Waals surface area (Å²) in [5, 5.41) is 8.79. The van der Waals surface area contributed by atoms with Crippen LogP contribution in [0.25, 0.3) is 38.9 Å². The van der Waals surface area contributed by atoms with E-state index in [1.165, 1.54) is 12.1 Å². The molecule has 0 N–H and O–H groups in total. The number of nitrogens with zero attached hydrogens (tertiary/aromatic N) is 4. The Kier molecular flexibility index (Phi) is 5.48. The van der Waals surface area contributed by atoms with Gasteiger partial charge in [0.15, 0.2) is 0 Å².